The highest BCUT2D eigenvalue weighted by atomic mass is 16.5. The van der Waals surface area contributed by atoms with Crippen molar-refractivity contribution >= 4 is 5.78 Å². The van der Waals surface area contributed by atoms with Gasteiger partial charge in [-0.2, -0.15) is 0 Å². The quantitative estimate of drug-likeness (QED) is 0.818. The van der Waals surface area contributed by atoms with Gasteiger partial charge >= 0.3 is 0 Å². The lowest BCUT2D eigenvalue weighted by Crippen LogP contribution is -2.29. The summed E-state index contributed by atoms with van der Waals surface area (Å²) < 4.78 is 5.67. The summed E-state index contributed by atoms with van der Waals surface area (Å²) in [6.45, 7) is 2.94. The van der Waals surface area contributed by atoms with Crippen LogP contribution in [0.1, 0.15) is 56.9 Å². The Hall–Kier alpha value is -1.31. The van der Waals surface area contributed by atoms with Gasteiger partial charge in [-0.3, -0.25) is 4.79 Å². The first-order chi connectivity index (χ1) is 9.79. The molecule has 1 aromatic carbocycles. The second-order valence-corrected chi connectivity index (χ2v) is 6.26. The number of para-hydroxylation sites is 1. The van der Waals surface area contributed by atoms with Gasteiger partial charge < -0.3 is 4.74 Å². The van der Waals surface area contributed by atoms with E-state index in [4.69, 9.17) is 4.74 Å². The maximum absolute atomic E-state index is 12.9. The fourth-order valence-corrected chi connectivity index (χ4v) is 3.78. The number of carbonyl (C=O) groups excluding carboxylic acids is 1. The molecule has 2 nitrogen and oxygen atoms in total. The van der Waals surface area contributed by atoms with E-state index in [0.29, 0.717) is 12.4 Å². The van der Waals surface area contributed by atoms with E-state index in [9.17, 15) is 4.79 Å². The molecule has 1 aliphatic carbocycles. The Kier molecular flexibility index (Phi) is 4.09. The Morgan fingerprint density at radius 2 is 1.90 bits per heavy atom. The van der Waals surface area contributed by atoms with Crippen molar-refractivity contribution in [2.24, 2.45) is 11.8 Å². The molecule has 0 amide bonds. The summed E-state index contributed by atoms with van der Waals surface area (Å²) in [5, 5.41) is 0. The standard InChI is InChI=1S/C18H24O2/c1-2-13-7-9-14(10-8-13)18(19)16-11-12-20-17-6-4-3-5-15(16)17/h3-6,13-14,16H,2,7-12H2,1H3. The molecule has 1 unspecified atom stereocenters. The van der Waals surface area contributed by atoms with Crippen LogP contribution >= 0.6 is 0 Å². The second-order valence-electron chi connectivity index (χ2n) is 6.26. The van der Waals surface area contributed by atoms with Crippen LogP contribution in [0.15, 0.2) is 24.3 Å². The van der Waals surface area contributed by atoms with Crippen LogP contribution in [0.2, 0.25) is 0 Å². The minimum absolute atomic E-state index is 0.0723. The molecule has 108 valence electrons. The van der Waals surface area contributed by atoms with E-state index in [1.165, 1.54) is 19.3 Å². The van der Waals surface area contributed by atoms with Gasteiger partial charge in [-0.1, -0.05) is 31.5 Å². The average molecular weight is 272 g/mol. The first kappa shape index (κ1) is 13.7. The molecule has 1 fully saturated rings. The molecule has 2 heteroatoms. The maximum Gasteiger partial charge on any atom is 0.143 e. The van der Waals surface area contributed by atoms with Gasteiger partial charge in [0.2, 0.25) is 0 Å². The van der Waals surface area contributed by atoms with E-state index in [1.54, 1.807) is 0 Å². The highest BCUT2D eigenvalue weighted by Gasteiger charge is 2.34. The van der Waals surface area contributed by atoms with Gasteiger partial charge in [0, 0.05) is 17.4 Å². The van der Waals surface area contributed by atoms with Crippen LogP contribution in [0.25, 0.3) is 0 Å². The molecule has 2 aliphatic rings. The molecule has 1 aromatic rings. The molecule has 1 atom stereocenters. The lowest BCUT2D eigenvalue weighted by molar-refractivity contribution is -0.126. The first-order valence-corrected chi connectivity index (χ1v) is 8.05. The third-order valence-electron chi connectivity index (χ3n) is 5.13. The third kappa shape index (κ3) is 2.61. The smallest absolute Gasteiger partial charge is 0.143 e. The van der Waals surface area contributed by atoms with Crippen molar-refractivity contribution in [2.45, 2.75) is 51.4 Å². The highest BCUT2D eigenvalue weighted by molar-refractivity contribution is 5.88. The summed E-state index contributed by atoms with van der Waals surface area (Å²) >= 11 is 0. The van der Waals surface area contributed by atoms with Crippen LogP contribution in [-0.4, -0.2) is 12.4 Å². The van der Waals surface area contributed by atoms with Crippen LogP contribution in [0.4, 0.5) is 0 Å². The molecule has 20 heavy (non-hydrogen) atoms. The number of carbonyl (C=O) groups is 1. The Balaban J connectivity index is 1.72. The number of hydrogen-bond donors (Lipinski definition) is 0. The molecule has 0 saturated heterocycles. The van der Waals surface area contributed by atoms with Crippen molar-refractivity contribution in [1.82, 2.24) is 0 Å². The fraction of sp³-hybridized carbons (Fsp3) is 0.611. The Morgan fingerprint density at radius 3 is 2.65 bits per heavy atom. The van der Waals surface area contributed by atoms with Crippen LogP contribution < -0.4 is 4.74 Å². The fourth-order valence-electron chi connectivity index (χ4n) is 3.78. The van der Waals surface area contributed by atoms with Gasteiger partial charge in [-0.25, -0.2) is 0 Å². The Bertz CT molecular complexity index is 472. The van der Waals surface area contributed by atoms with Gasteiger partial charge in [0.05, 0.1) is 6.61 Å². The number of Topliss-reactive ketones (excluding diaryl/α,β-unsaturated/α-hetero) is 1. The zero-order valence-corrected chi connectivity index (χ0v) is 12.3. The number of ketones is 1. The molecular weight excluding hydrogens is 248 g/mol. The maximum atomic E-state index is 12.9. The summed E-state index contributed by atoms with van der Waals surface area (Å²) in [6.07, 6.45) is 6.77. The van der Waals surface area contributed by atoms with Gasteiger partial charge in [0.1, 0.15) is 11.5 Å². The first-order valence-electron chi connectivity index (χ1n) is 8.05. The summed E-state index contributed by atoms with van der Waals surface area (Å²) in [5.41, 5.74) is 1.11. The highest BCUT2D eigenvalue weighted by Crippen LogP contribution is 2.39. The van der Waals surface area contributed by atoms with Crippen LogP contribution in [-0.2, 0) is 4.79 Å². The van der Waals surface area contributed by atoms with E-state index in [0.717, 1.165) is 36.5 Å². The zero-order chi connectivity index (χ0) is 13.9. The van der Waals surface area contributed by atoms with Crippen LogP contribution in [0.5, 0.6) is 5.75 Å². The minimum atomic E-state index is 0.0723. The van der Waals surface area contributed by atoms with Crippen molar-refractivity contribution in [3.63, 3.8) is 0 Å². The van der Waals surface area contributed by atoms with Gasteiger partial charge in [-0.15, -0.1) is 0 Å². The topological polar surface area (TPSA) is 26.3 Å². The average Bonchev–Trinajstić information content (AvgIpc) is 2.54. The lowest BCUT2D eigenvalue weighted by atomic mass is 9.74. The summed E-state index contributed by atoms with van der Waals surface area (Å²) in [6, 6.07) is 8.05. The monoisotopic (exact) mass is 272 g/mol. The normalized spacial score (nSPS) is 29.4. The molecule has 0 N–H and O–H groups in total. The Morgan fingerprint density at radius 1 is 1.15 bits per heavy atom. The van der Waals surface area contributed by atoms with Crippen LogP contribution in [0, 0.1) is 11.8 Å². The summed E-state index contributed by atoms with van der Waals surface area (Å²) in [4.78, 5) is 12.9. The van der Waals surface area contributed by atoms with Crippen molar-refractivity contribution in [2.75, 3.05) is 6.61 Å². The molecule has 0 aromatic heterocycles. The number of benzene rings is 1. The third-order valence-corrected chi connectivity index (χ3v) is 5.13. The van der Waals surface area contributed by atoms with Gasteiger partial charge in [0.15, 0.2) is 0 Å². The van der Waals surface area contributed by atoms with Crippen LogP contribution in [0.3, 0.4) is 0 Å². The van der Waals surface area contributed by atoms with E-state index in [2.05, 4.69) is 13.0 Å². The molecule has 0 radical (unpaired) electrons. The largest absolute Gasteiger partial charge is 0.493 e. The lowest BCUT2D eigenvalue weighted by Gasteiger charge is -2.31. The number of rotatable bonds is 3. The predicted octanol–water partition coefficient (Wildman–Crippen LogP) is 4.34. The molecule has 1 saturated carbocycles. The molecule has 1 aliphatic heterocycles. The number of ether oxygens (including phenoxy) is 1. The molecule has 0 bridgehead atoms. The van der Waals surface area contributed by atoms with Crippen molar-refractivity contribution in [1.29, 1.82) is 0 Å². The molecule has 3 rings (SSSR count). The molecule has 0 spiro atoms. The minimum Gasteiger partial charge on any atom is -0.493 e. The second kappa shape index (κ2) is 5.99. The summed E-state index contributed by atoms with van der Waals surface area (Å²) in [7, 11) is 0. The number of fused-ring (bicyclic) bond motifs is 1. The molecular formula is C18H24O2. The SMILES string of the molecule is CCC1CCC(C(=O)C2CCOc3ccccc32)CC1. The summed E-state index contributed by atoms with van der Waals surface area (Å²) in [5.74, 6) is 2.59. The van der Waals surface area contributed by atoms with Crippen molar-refractivity contribution < 1.29 is 9.53 Å². The predicted molar refractivity (Wildman–Crippen MR) is 80.0 cm³/mol. The van der Waals surface area contributed by atoms with Gasteiger partial charge in [-0.05, 0) is 44.1 Å². The van der Waals surface area contributed by atoms with E-state index < -0.39 is 0 Å². The molecule has 1 heterocycles. The number of hydrogen-bond acceptors (Lipinski definition) is 2. The van der Waals surface area contributed by atoms with E-state index in [1.807, 2.05) is 18.2 Å². The van der Waals surface area contributed by atoms with E-state index >= 15 is 0 Å². The zero-order valence-electron chi connectivity index (χ0n) is 12.3. The van der Waals surface area contributed by atoms with Gasteiger partial charge in [0.25, 0.3) is 0 Å². The van der Waals surface area contributed by atoms with E-state index in [-0.39, 0.29) is 11.8 Å². The Labute approximate surface area is 121 Å². The van der Waals surface area contributed by atoms with Crippen molar-refractivity contribution in [3.8, 4) is 5.75 Å². The van der Waals surface area contributed by atoms with Crippen molar-refractivity contribution in [3.05, 3.63) is 29.8 Å².